The largest absolute Gasteiger partial charge is 0.469 e. The highest BCUT2D eigenvalue weighted by Crippen LogP contribution is 2.45. The number of rotatable bonds is 38. The normalized spacial score (nSPS) is 23.7. The molecule has 8 aliphatic heterocycles. The van der Waals surface area contributed by atoms with Gasteiger partial charge in [0.1, 0.15) is 11.6 Å². The molecule has 13 atom stereocenters. The van der Waals surface area contributed by atoms with Crippen LogP contribution in [0.1, 0.15) is 305 Å². The summed E-state index contributed by atoms with van der Waals surface area (Å²) in [5.41, 5.74) is 5.36. The molecular weight excluding hydrogens is 1750 g/mol. The summed E-state index contributed by atoms with van der Waals surface area (Å²) in [6.07, 6.45) is 46.7. The van der Waals surface area contributed by atoms with Gasteiger partial charge in [-0.05, 0) is 152 Å². The van der Waals surface area contributed by atoms with E-state index in [1.54, 1.807) is 38.2 Å². The minimum absolute atomic E-state index is 0.00107. The molecule has 7 saturated heterocycles. The van der Waals surface area contributed by atoms with Crippen molar-refractivity contribution in [1.29, 1.82) is 0 Å². The molecule has 13 unspecified atom stereocenters. The highest BCUT2D eigenvalue weighted by atomic mass is 16.6. The molecule has 3 aliphatic carbocycles. The fourth-order valence-electron chi connectivity index (χ4n) is 17.6. The Morgan fingerprint density at radius 3 is 1.50 bits per heavy atom. The number of hydrogen-bond acceptors (Lipinski definition) is 31. The summed E-state index contributed by atoms with van der Waals surface area (Å²) < 4.78 is 41.2. The van der Waals surface area contributed by atoms with Crippen LogP contribution in [0.15, 0.2) is 144 Å². The smallest absolute Gasteiger partial charge is 0.346 e. The predicted molar refractivity (Wildman–Crippen MR) is 482 cm³/mol. The quantitative estimate of drug-likeness (QED) is 0.0150. The van der Waals surface area contributed by atoms with Gasteiger partial charge in [0.15, 0.2) is 17.3 Å². The van der Waals surface area contributed by atoms with Gasteiger partial charge >= 0.3 is 101 Å². The lowest BCUT2D eigenvalue weighted by Crippen LogP contribution is -2.31. The highest BCUT2D eigenvalue weighted by molar-refractivity contribution is 6.25. The summed E-state index contributed by atoms with van der Waals surface area (Å²) >= 11 is 0. The van der Waals surface area contributed by atoms with Crippen molar-refractivity contribution in [1.82, 2.24) is 0 Å². The maximum atomic E-state index is 12.6. The van der Waals surface area contributed by atoms with Crippen molar-refractivity contribution >= 4 is 130 Å². The van der Waals surface area contributed by atoms with E-state index < -0.39 is 131 Å². The molecule has 135 heavy (non-hydrogen) atoms. The van der Waals surface area contributed by atoms with Crippen molar-refractivity contribution in [2.45, 2.75) is 248 Å². The van der Waals surface area contributed by atoms with Crippen LogP contribution in [0.4, 0.5) is 0 Å². The fourth-order valence-corrected chi connectivity index (χ4v) is 17.6. The first kappa shape index (κ1) is 107. The first-order chi connectivity index (χ1) is 64.6. The third-order valence-corrected chi connectivity index (χ3v) is 25.3. The Kier molecular flexibility index (Phi) is 42.3. The summed E-state index contributed by atoms with van der Waals surface area (Å²) in [6, 6.07) is 8.39. The zero-order valence-electron chi connectivity index (χ0n) is 77.8. The van der Waals surface area contributed by atoms with Crippen molar-refractivity contribution in [3.8, 4) is 0 Å². The van der Waals surface area contributed by atoms with Gasteiger partial charge in [-0.25, -0.2) is 9.59 Å². The molecule has 0 N–H and O–H groups in total. The lowest BCUT2D eigenvalue weighted by molar-refractivity contribution is -0.158. The first-order valence-electron chi connectivity index (χ1n) is 46.5. The van der Waals surface area contributed by atoms with Gasteiger partial charge in [-0.2, -0.15) is 0 Å². The van der Waals surface area contributed by atoms with Crippen LogP contribution in [0.5, 0.6) is 0 Å². The van der Waals surface area contributed by atoms with Crippen molar-refractivity contribution in [3.63, 3.8) is 0 Å². The van der Waals surface area contributed by atoms with Crippen LogP contribution < -0.4 is 0 Å². The van der Waals surface area contributed by atoms with Gasteiger partial charge in [0.05, 0.1) is 122 Å². The summed E-state index contributed by atoms with van der Waals surface area (Å²) in [4.78, 5) is 252. The Morgan fingerprint density at radius 2 is 1.00 bits per heavy atom. The Bertz CT molecular complexity index is 5050. The number of Topliss-reactive ketones (excluding diaryl/α,β-unsaturated/α-hetero) is 4. The minimum atomic E-state index is -0.792. The number of esters is 17. The van der Waals surface area contributed by atoms with Gasteiger partial charge < -0.3 is 42.6 Å². The molecule has 8 heterocycles. The Morgan fingerprint density at radius 1 is 0.481 bits per heavy atom. The molecule has 31 heteroatoms. The molecular formula is C104H120O31. The number of methoxy groups -OCH3 is 1. The van der Waals surface area contributed by atoms with Crippen molar-refractivity contribution in [2.75, 3.05) is 7.11 Å². The van der Waals surface area contributed by atoms with Crippen molar-refractivity contribution in [2.24, 2.45) is 76.9 Å². The number of unbranched alkanes of at least 4 members (excludes halogenated alkanes) is 2. The third-order valence-electron chi connectivity index (χ3n) is 25.3. The molecule has 13 rings (SSSR count). The highest BCUT2D eigenvalue weighted by Gasteiger charge is 2.51. The van der Waals surface area contributed by atoms with Crippen LogP contribution in [-0.4, -0.2) is 138 Å². The molecule has 0 radical (unpaired) electrons. The standard InChI is InChI=1S/C35H48O6.C18H8O6.C14H14O6.C14H14O5.C12H18O5.C11H18O3/c1-4-7-10-18-29(22-24-31-26-33(37)41-35(31)39)20-14-9-12-17-27(6-3)16-11-8-13-19-28(15-5-2)21-23-30-25-32(36)40-34(30)38;19-14-7-15(20)12-5-8(1-3-10(12)14)16(21)9-2-4-11-13(6-9)18(23)24-17(11)22;15-11-7-9(13(17)19-11)5-3-1-2-4-6-10-8-12(16)20-14(10)18;1-6-8(10-4-7(15)5-11(10)16)2-3-9-12(6)14(18)19-13(9)17;1-4-5-6-8(11(14)16-3)9-7(2)10(13)17-12(9)15;1-3-5-6-8(4-2)9-7-10(12)14-11(9)13/h6-11,14,21-22,27,30-31H,3-5,12-13,15-20,23-26H2,1-2H3;1-6H,7H2;1-4,9-10H,5-8H2;9-10,12H,2-5H2,1H3;7-9H,4-6H2,1-3H3;8-9H,3-7H2,1-2H3/b10-7+,11-8+,14-9+,28-21-,29-22+;;3-1+,4-2+;;;. The van der Waals surface area contributed by atoms with E-state index in [0.29, 0.717) is 68.8 Å². The van der Waals surface area contributed by atoms with E-state index >= 15 is 0 Å². The average molecular weight is 1870 g/mol. The van der Waals surface area contributed by atoms with Crippen molar-refractivity contribution < 1.29 is 148 Å². The summed E-state index contributed by atoms with van der Waals surface area (Å²) in [5.74, 6) is -13.4. The second-order valence-electron chi connectivity index (χ2n) is 34.9. The van der Waals surface area contributed by atoms with Crippen LogP contribution >= 0.6 is 0 Å². The van der Waals surface area contributed by atoms with Gasteiger partial charge in [-0.1, -0.05) is 193 Å². The van der Waals surface area contributed by atoms with Crippen LogP contribution in [0.3, 0.4) is 0 Å². The van der Waals surface area contributed by atoms with E-state index in [9.17, 15) is 105 Å². The lowest BCUT2D eigenvalue weighted by Gasteiger charge is -2.27. The monoisotopic (exact) mass is 1860 g/mol. The molecule has 31 nitrogen and oxygen atoms in total. The minimum Gasteiger partial charge on any atom is -0.469 e. The molecule has 722 valence electrons. The van der Waals surface area contributed by atoms with Gasteiger partial charge in [0.25, 0.3) is 0 Å². The zero-order valence-corrected chi connectivity index (χ0v) is 77.8. The first-order valence-corrected chi connectivity index (χ1v) is 46.5. The van der Waals surface area contributed by atoms with Crippen LogP contribution in [0, 0.1) is 76.9 Å². The molecule has 2 aromatic rings. The van der Waals surface area contributed by atoms with E-state index in [-0.39, 0.29) is 137 Å². The number of hydrogen-bond donors (Lipinski definition) is 0. The maximum absolute atomic E-state index is 12.6. The molecule has 0 amide bonds. The maximum Gasteiger partial charge on any atom is 0.346 e. The number of cyclic esters (lactones) is 16. The number of carbonyl (C=O) groups excluding carboxylic acids is 22. The number of allylic oxidation sites excluding steroid dienone is 16. The second kappa shape index (κ2) is 53.2. The predicted octanol–water partition coefficient (Wildman–Crippen LogP) is 15.8. The van der Waals surface area contributed by atoms with Gasteiger partial charge in [-0.15, -0.1) is 6.58 Å². The molecule has 11 aliphatic rings. The number of carbonyl (C=O) groups is 22. The van der Waals surface area contributed by atoms with Crippen LogP contribution in [0.25, 0.3) is 0 Å². The SMILES string of the molecule is C=CC(C/C=C/CC/C(=C\CC1CC(=O)OC1=O)CCC)CC/C=C/C/C(=C/CC1CC(=O)OC1=O)C/C=C/CC.CC1=C(C2CC(=O)CC2=O)CCC2C(=O)OC(=O)C12.CCCCC(C(=O)OC)C1C(=O)OC(=O)C1C.CCCCC(CC)C1CC(=O)OC1=O.O=C(c1ccc2c(c1)C(=O)CC2=O)c1ccc2c(c1)C(=O)OC2=O.O=C1CC(C/C=C/C=C/CC2CC(=O)OC2=O)C(=O)O1. The molecule has 1 saturated carbocycles. The van der Waals surface area contributed by atoms with Gasteiger partial charge in [-0.3, -0.25) is 95.9 Å². The van der Waals surface area contributed by atoms with E-state index in [4.69, 9.17) is 4.74 Å². The topological polar surface area (TPSA) is 459 Å². The summed E-state index contributed by atoms with van der Waals surface area (Å²) in [7, 11) is 1.29. The van der Waals surface area contributed by atoms with E-state index in [1.165, 1.54) is 54.7 Å². The number of benzene rings is 2. The van der Waals surface area contributed by atoms with Crippen LogP contribution in [0.2, 0.25) is 0 Å². The number of fused-ring (bicyclic) bond motifs is 3. The number of ether oxygens (including phenoxy) is 9. The summed E-state index contributed by atoms with van der Waals surface area (Å²) in [6.45, 7) is 17.9. The van der Waals surface area contributed by atoms with Gasteiger partial charge in [0, 0.05) is 34.6 Å². The van der Waals surface area contributed by atoms with E-state index in [0.717, 1.165) is 114 Å². The Balaban J connectivity index is 0.000000207. The molecule has 0 aromatic heterocycles. The lowest BCUT2D eigenvalue weighted by atomic mass is 9.73. The number of ketones is 5. The average Bonchev–Trinajstić information content (AvgIpc) is 1.64. The molecule has 8 fully saturated rings. The Hall–Kier alpha value is -13.0. The van der Waals surface area contributed by atoms with Crippen molar-refractivity contribution in [3.05, 3.63) is 178 Å². The zero-order chi connectivity index (χ0) is 98.7. The third kappa shape index (κ3) is 31.0. The Labute approximate surface area is 783 Å². The van der Waals surface area contributed by atoms with Gasteiger partial charge in [0.2, 0.25) is 0 Å². The molecule has 2 aromatic carbocycles. The summed E-state index contributed by atoms with van der Waals surface area (Å²) in [5, 5.41) is 0. The molecule has 0 bridgehead atoms. The fraction of sp³-hybridized carbons (Fsp3) is 0.500. The van der Waals surface area contributed by atoms with E-state index in [2.05, 4.69) is 121 Å². The van der Waals surface area contributed by atoms with Crippen LogP contribution in [-0.2, 0) is 124 Å². The van der Waals surface area contributed by atoms with E-state index in [1.807, 2.05) is 13.0 Å². The second-order valence-corrected chi connectivity index (χ2v) is 34.9. The molecule has 0 spiro atoms.